The Hall–Kier alpha value is -2.72. The number of aromatic nitrogens is 2. The lowest BCUT2D eigenvalue weighted by Crippen LogP contribution is -2.28. The van der Waals surface area contributed by atoms with Gasteiger partial charge in [-0.15, -0.1) is 11.3 Å². The molecule has 0 spiro atoms. The molecule has 0 aliphatic heterocycles. The summed E-state index contributed by atoms with van der Waals surface area (Å²) in [4.78, 5) is 21.2. The second kappa shape index (κ2) is 8.19. The van der Waals surface area contributed by atoms with E-state index in [1.54, 1.807) is 11.3 Å². The molecule has 2 heterocycles. The van der Waals surface area contributed by atoms with E-state index in [1.165, 1.54) is 34.4 Å². The van der Waals surface area contributed by atoms with Gasteiger partial charge in [-0.05, 0) is 48.8 Å². The van der Waals surface area contributed by atoms with Crippen molar-refractivity contribution in [3.8, 4) is 0 Å². The Kier molecular flexibility index (Phi) is 5.26. The van der Waals surface area contributed by atoms with Gasteiger partial charge in [0.05, 0.1) is 5.39 Å². The Morgan fingerprint density at radius 3 is 2.47 bits per heavy atom. The van der Waals surface area contributed by atoms with E-state index in [-0.39, 0.29) is 11.5 Å². The molecular weight excluding hydrogens is 388 g/mol. The molecule has 0 saturated carbocycles. The van der Waals surface area contributed by atoms with Gasteiger partial charge in [0.2, 0.25) is 0 Å². The summed E-state index contributed by atoms with van der Waals surface area (Å²) in [6.45, 7) is 2.82. The Bertz CT molecular complexity index is 1220. The van der Waals surface area contributed by atoms with Crippen LogP contribution in [0.25, 0.3) is 10.2 Å². The van der Waals surface area contributed by atoms with Crippen LogP contribution in [0.1, 0.15) is 53.1 Å². The minimum Gasteiger partial charge on any atom is -0.295 e. The maximum Gasteiger partial charge on any atom is 0.262 e. The van der Waals surface area contributed by atoms with Crippen LogP contribution in [0.3, 0.4) is 0 Å². The third-order valence-electron chi connectivity index (χ3n) is 6.26. The molecule has 3 nitrogen and oxygen atoms in total. The Morgan fingerprint density at radius 1 is 1.00 bits per heavy atom. The smallest absolute Gasteiger partial charge is 0.262 e. The molecule has 4 heteroatoms. The van der Waals surface area contributed by atoms with Crippen LogP contribution in [0, 0.1) is 0 Å². The summed E-state index contributed by atoms with van der Waals surface area (Å²) in [5.41, 5.74) is 3.85. The third kappa shape index (κ3) is 3.50. The monoisotopic (exact) mass is 414 g/mol. The van der Waals surface area contributed by atoms with Crippen LogP contribution < -0.4 is 5.56 Å². The van der Waals surface area contributed by atoms with E-state index < -0.39 is 0 Å². The zero-order chi connectivity index (χ0) is 20.5. The number of hydrogen-bond acceptors (Lipinski definition) is 3. The maximum atomic E-state index is 13.8. The first-order chi connectivity index (χ1) is 14.7. The molecule has 1 aliphatic carbocycles. The number of benzene rings is 2. The van der Waals surface area contributed by atoms with Crippen LogP contribution in [-0.2, 0) is 25.8 Å². The molecule has 0 saturated heterocycles. The van der Waals surface area contributed by atoms with Gasteiger partial charge >= 0.3 is 0 Å². The molecule has 0 N–H and O–H groups in total. The Labute approximate surface area is 181 Å². The lowest BCUT2D eigenvalue weighted by molar-refractivity contribution is 0.599. The van der Waals surface area contributed by atoms with Crippen LogP contribution >= 0.6 is 11.3 Å². The van der Waals surface area contributed by atoms with Crippen molar-refractivity contribution in [3.63, 3.8) is 0 Å². The van der Waals surface area contributed by atoms with Gasteiger partial charge in [-0.2, -0.15) is 0 Å². The molecule has 0 fully saturated rings. The van der Waals surface area contributed by atoms with Gasteiger partial charge in [0.15, 0.2) is 0 Å². The first-order valence-electron chi connectivity index (χ1n) is 10.9. The topological polar surface area (TPSA) is 34.9 Å². The van der Waals surface area contributed by atoms with Crippen molar-refractivity contribution in [2.45, 2.75) is 51.5 Å². The zero-order valence-electron chi connectivity index (χ0n) is 17.3. The summed E-state index contributed by atoms with van der Waals surface area (Å²) in [5.74, 6) is 0.950. The number of nitrogens with zero attached hydrogens (tertiary/aromatic N) is 2. The SMILES string of the molecule is C[C@H](c1ccccc1)c1nc2sc3c(c2c(=O)n1CCc1ccccc1)CCCC3. The molecule has 0 unspecified atom stereocenters. The van der Waals surface area contributed by atoms with E-state index in [4.69, 9.17) is 4.98 Å². The lowest BCUT2D eigenvalue weighted by atomic mass is 9.96. The highest BCUT2D eigenvalue weighted by Crippen LogP contribution is 2.35. The highest BCUT2D eigenvalue weighted by Gasteiger charge is 2.24. The van der Waals surface area contributed by atoms with E-state index >= 15 is 0 Å². The normalized spacial score (nSPS) is 14.6. The average molecular weight is 415 g/mol. The molecule has 0 radical (unpaired) electrons. The van der Waals surface area contributed by atoms with Gasteiger partial charge in [0, 0.05) is 17.3 Å². The van der Waals surface area contributed by atoms with Crippen molar-refractivity contribution < 1.29 is 0 Å². The van der Waals surface area contributed by atoms with Crippen LogP contribution in [-0.4, -0.2) is 9.55 Å². The van der Waals surface area contributed by atoms with Gasteiger partial charge < -0.3 is 0 Å². The summed E-state index contributed by atoms with van der Waals surface area (Å²) >= 11 is 1.74. The standard InChI is InChI=1S/C26H26N2OS/c1-18(20-12-6-3-7-13-20)24-27-25-23(21-14-8-9-15-22(21)30-25)26(29)28(24)17-16-19-10-4-2-5-11-19/h2-7,10-13,18H,8-9,14-17H2,1H3/t18-/m1/s1. The summed E-state index contributed by atoms with van der Waals surface area (Å²) in [6.07, 6.45) is 5.32. The van der Waals surface area contributed by atoms with E-state index in [1.807, 2.05) is 16.7 Å². The summed E-state index contributed by atoms with van der Waals surface area (Å²) in [6, 6.07) is 20.8. The molecule has 1 atom stereocenters. The molecule has 152 valence electrons. The van der Waals surface area contributed by atoms with E-state index in [0.717, 1.165) is 35.3 Å². The summed E-state index contributed by atoms with van der Waals surface area (Å²) in [7, 11) is 0. The zero-order valence-corrected chi connectivity index (χ0v) is 18.1. The highest BCUT2D eigenvalue weighted by molar-refractivity contribution is 7.18. The van der Waals surface area contributed by atoms with E-state index in [0.29, 0.717) is 6.54 Å². The summed E-state index contributed by atoms with van der Waals surface area (Å²) in [5, 5.41) is 0.881. The van der Waals surface area contributed by atoms with Crippen molar-refractivity contribution in [3.05, 3.63) is 98.4 Å². The second-order valence-corrected chi connectivity index (χ2v) is 9.27. The van der Waals surface area contributed by atoms with Crippen LogP contribution in [0.2, 0.25) is 0 Å². The largest absolute Gasteiger partial charge is 0.295 e. The van der Waals surface area contributed by atoms with Crippen LogP contribution in [0.5, 0.6) is 0 Å². The van der Waals surface area contributed by atoms with Crippen molar-refractivity contribution in [1.82, 2.24) is 9.55 Å². The average Bonchev–Trinajstić information content (AvgIpc) is 3.18. The first-order valence-corrected chi connectivity index (χ1v) is 11.7. The number of rotatable bonds is 5. The van der Waals surface area contributed by atoms with Crippen LogP contribution in [0.15, 0.2) is 65.5 Å². The molecule has 0 bridgehead atoms. The molecular formula is C26H26N2OS. The van der Waals surface area contributed by atoms with Gasteiger partial charge in [-0.1, -0.05) is 67.6 Å². The predicted molar refractivity (Wildman–Crippen MR) is 125 cm³/mol. The molecule has 2 aromatic carbocycles. The fraction of sp³-hybridized carbons (Fsp3) is 0.308. The second-order valence-electron chi connectivity index (χ2n) is 8.19. The summed E-state index contributed by atoms with van der Waals surface area (Å²) < 4.78 is 1.95. The number of thiophene rings is 1. The number of fused-ring (bicyclic) bond motifs is 3. The van der Waals surface area contributed by atoms with Crippen molar-refractivity contribution in [2.24, 2.45) is 0 Å². The minimum atomic E-state index is 0.0678. The maximum absolute atomic E-state index is 13.8. The third-order valence-corrected chi connectivity index (χ3v) is 7.44. The van der Waals surface area contributed by atoms with Gasteiger partial charge in [0.25, 0.3) is 5.56 Å². The Balaban J connectivity index is 1.65. The molecule has 1 aliphatic rings. The van der Waals surface area contributed by atoms with E-state index in [9.17, 15) is 4.79 Å². The molecule has 2 aromatic heterocycles. The predicted octanol–water partition coefficient (Wildman–Crippen LogP) is 5.73. The molecule has 30 heavy (non-hydrogen) atoms. The molecule has 5 rings (SSSR count). The van der Waals surface area contributed by atoms with Crippen molar-refractivity contribution in [1.29, 1.82) is 0 Å². The van der Waals surface area contributed by atoms with Crippen molar-refractivity contribution in [2.75, 3.05) is 0 Å². The Morgan fingerprint density at radius 2 is 1.70 bits per heavy atom. The first kappa shape index (κ1) is 19.3. The highest BCUT2D eigenvalue weighted by atomic mass is 32.1. The van der Waals surface area contributed by atoms with E-state index in [2.05, 4.69) is 55.5 Å². The van der Waals surface area contributed by atoms with Gasteiger partial charge in [-0.3, -0.25) is 9.36 Å². The minimum absolute atomic E-state index is 0.0678. The van der Waals surface area contributed by atoms with Crippen LogP contribution in [0.4, 0.5) is 0 Å². The fourth-order valence-corrected chi connectivity index (χ4v) is 5.84. The van der Waals surface area contributed by atoms with Gasteiger partial charge in [0.1, 0.15) is 10.7 Å². The fourth-order valence-electron chi connectivity index (χ4n) is 4.58. The number of aryl methyl sites for hydroxylation is 3. The molecule has 0 amide bonds. The lowest BCUT2D eigenvalue weighted by Gasteiger charge is -2.19. The van der Waals surface area contributed by atoms with Gasteiger partial charge in [-0.25, -0.2) is 4.98 Å². The quantitative estimate of drug-likeness (QED) is 0.418. The van der Waals surface area contributed by atoms with Crippen molar-refractivity contribution >= 4 is 21.6 Å². The number of hydrogen-bond donors (Lipinski definition) is 0. The molecule has 4 aromatic rings.